The van der Waals surface area contributed by atoms with Gasteiger partial charge in [-0.3, -0.25) is 0 Å². The Kier molecular flexibility index (Phi) is 8.65. The molecule has 26 heavy (non-hydrogen) atoms. The van der Waals surface area contributed by atoms with Crippen LogP contribution in [0.3, 0.4) is 0 Å². The molecule has 2 rings (SSSR count). The summed E-state index contributed by atoms with van der Waals surface area (Å²) >= 11 is 0. The van der Waals surface area contributed by atoms with Crippen molar-refractivity contribution in [2.45, 2.75) is 20.4 Å². The highest BCUT2D eigenvalue weighted by Gasteiger charge is 2.06. The van der Waals surface area contributed by atoms with E-state index in [1.807, 2.05) is 31.2 Å². The summed E-state index contributed by atoms with van der Waals surface area (Å²) in [5, 5.41) is 6.43. The van der Waals surface area contributed by atoms with E-state index >= 15 is 0 Å². The van der Waals surface area contributed by atoms with Gasteiger partial charge in [0.05, 0.1) is 26.4 Å². The van der Waals surface area contributed by atoms with Crippen molar-refractivity contribution in [2.75, 3.05) is 40.0 Å². The molecule has 1 aromatic carbocycles. The molecular weight excluding hydrogens is 332 g/mol. The zero-order valence-corrected chi connectivity index (χ0v) is 15.7. The second kappa shape index (κ2) is 11.3. The van der Waals surface area contributed by atoms with Crippen molar-refractivity contribution < 1.29 is 13.9 Å². The number of hydrogen-bond acceptors (Lipinski definition) is 5. The van der Waals surface area contributed by atoms with Gasteiger partial charge in [0.15, 0.2) is 5.96 Å². The molecule has 142 valence electrons. The topological polar surface area (TPSA) is 80.9 Å². The minimum absolute atomic E-state index is 0.440. The van der Waals surface area contributed by atoms with Crippen LogP contribution in [0.25, 0.3) is 11.5 Å². The maximum absolute atomic E-state index is 5.57. The van der Waals surface area contributed by atoms with E-state index in [9.17, 15) is 0 Å². The molecule has 7 heteroatoms. The molecule has 0 amide bonds. The Hall–Kier alpha value is -2.38. The first-order valence-electron chi connectivity index (χ1n) is 8.83. The van der Waals surface area contributed by atoms with E-state index in [-0.39, 0.29) is 0 Å². The molecule has 0 unspecified atom stereocenters. The van der Waals surface area contributed by atoms with E-state index in [1.54, 1.807) is 13.4 Å². The summed E-state index contributed by atoms with van der Waals surface area (Å²) in [6.07, 6.45) is 1.65. The lowest BCUT2D eigenvalue weighted by Crippen LogP contribution is -2.39. The molecule has 0 radical (unpaired) electrons. The molecule has 0 saturated heterocycles. The lowest BCUT2D eigenvalue weighted by Gasteiger charge is -2.11. The summed E-state index contributed by atoms with van der Waals surface area (Å²) in [6.45, 7) is 7.75. The van der Waals surface area contributed by atoms with Crippen molar-refractivity contribution in [3.63, 3.8) is 0 Å². The maximum Gasteiger partial charge on any atom is 0.226 e. The van der Waals surface area contributed by atoms with Gasteiger partial charge in [0.25, 0.3) is 0 Å². The number of aryl methyl sites for hydroxylation is 1. The Balaban J connectivity index is 1.85. The molecule has 0 atom stereocenters. The molecule has 0 fully saturated rings. The molecule has 7 nitrogen and oxygen atoms in total. The average molecular weight is 360 g/mol. The predicted octanol–water partition coefficient (Wildman–Crippen LogP) is 2.37. The normalized spacial score (nSPS) is 11.6. The minimum Gasteiger partial charge on any atom is -0.444 e. The Labute approximate surface area is 154 Å². The zero-order chi connectivity index (χ0) is 18.6. The van der Waals surface area contributed by atoms with E-state index < -0.39 is 0 Å². The van der Waals surface area contributed by atoms with Gasteiger partial charge in [-0.2, -0.15) is 0 Å². The predicted molar refractivity (Wildman–Crippen MR) is 102 cm³/mol. The second-order valence-electron chi connectivity index (χ2n) is 5.74. The quantitative estimate of drug-likeness (QED) is 0.385. The van der Waals surface area contributed by atoms with Gasteiger partial charge >= 0.3 is 0 Å². The molecule has 0 spiro atoms. The van der Waals surface area contributed by atoms with Crippen molar-refractivity contribution >= 4 is 5.96 Å². The van der Waals surface area contributed by atoms with E-state index in [4.69, 9.17) is 13.9 Å². The highest BCUT2D eigenvalue weighted by Crippen LogP contribution is 2.19. The van der Waals surface area contributed by atoms with E-state index in [0.29, 0.717) is 38.8 Å². The Morgan fingerprint density at radius 3 is 2.69 bits per heavy atom. The largest absolute Gasteiger partial charge is 0.444 e. The standard InChI is InChI=1S/C19H28N4O3/c1-4-20-19(21-9-10-25-12-11-24-3)22-13-17-14-26-18(23-17)16-7-5-15(2)6-8-16/h5-8,14H,4,9-13H2,1-3H3,(H2,20,21,22). The first-order valence-corrected chi connectivity index (χ1v) is 8.83. The Morgan fingerprint density at radius 1 is 1.15 bits per heavy atom. The number of methoxy groups -OCH3 is 1. The number of aliphatic imine (C=N–C) groups is 1. The van der Waals surface area contributed by atoms with Gasteiger partial charge in [0, 0.05) is 25.8 Å². The number of oxazole rings is 1. The van der Waals surface area contributed by atoms with Crippen molar-refractivity contribution in [3.05, 3.63) is 41.8 Å². The summed E-state index contributed by atoms with van der Waals surface area (Å²) in [6, 6.07) is 8.09. The van der Waals surface area contributed by atoms with E-state index in [1.165, 1.54) is 5.56 Å². The van der Waals surface area contributed by atoms with Gasteiger partial charge in [0.1, 0.15) is 12.0 Å². The van der Waals surface area contributed by atoms with Gasteiger partial charge in [-0.25, -0.2) is 9.98 Å². The SMILES string of the molecule is CCNC(=NCc1coc(-c2ccc(C)cc2)n1)NCCOCCOC. The third-order valence-corrected chi connectivity index (χ3v) is 3.56. The number of rotatable bonds is 10. The van der Waals surface area contributed by atoms with Crippen LogP contribution in [0.5, 0.6) is 0 Å². The maximum atomic E-state index is 5.57. The van der Waals surface area contributed by atoms with Crippen LogP contribution in [0.1, 0.15) is 18.2 Å². The Morgan fingerprint density at radius 2 is 1.96 bits per heavy atom. The molecule has 0 saturated carbocycles. The van der Waals surface area contributed by atoms with Crippen LogP contribution in [0.4, 0.5) is 0 Å². The van der Waals surface area contributed by atoms with Gasteiger partial charge in [-0.15, -0.1) is 0 Å². The number of nitrogens with zero attached hydrogens (tertiary/aromatic N) is 2. The van der Waals surface area contributed by atoms with Crippen LogP contribution in [0, 0.1) is 6.92 Å². The van der Waals surface area contributed by atoms with Crippen LogP contribution in [-0.2, 0) is 16.0 Å². The zero-order valence-electron chi connectivity index (χ0n) is 15.7. The van der Waals surface area contributed by atoms with E-state index in [0.717, 1.165) is 23.8 Å². The fourth-order valence-electron chi connectivity index (χ4n) is 2.20. The van der Waals surface area contributed by atoms with Crippen LogP contribution in [0.15, 0.2) is 39.9 Å². The fraction of sp³-hybridized carbons (Fsp3) is 0.474. The lowest BCUT2D eigenvalue weighted by atomic mass is 10.1. The minimum atomic E-state index is 0.440. The lowest BCUT2D eigenvalue weighted by molar-refractivity contribution is 0.0733. The van der Waals surface area contributed by atoms with Gasteiger partial charge in [-0.05, 0) is 26.0 Å². The van der Waals surface area contributed by atoms with Gasteiger partial charge in [0.2, 0.25) is 5.89 Å². The van der Waals surface area contributed by atoms with Crippen molar-refractivity contribution in [1.29, 1.82) is 0 Å². The average Bonchev–Trinajstić information content (AvgIpc) is 3.12. The third kappa shape index (κ3) is 6.85. The fourth-order valence-corrected chi connectivity index (χ4v) is 2.20. The molecule has 0 bridgehead atoms. The Bertz CT molecular complexity index is 668. The molecule has 2 N–H and O–H groups in total. The van der Waals surface area contributed by atoms with Crippen molar-refractivity contribution in [3.8, 4) is 11.5 Å². The third-order valence-electron chi connectivity index (χ3n) is 3.56. The first kappa shape index (κ1) is 19.9. The molecule has 2 aromatic rings. The van der Waals surface area contributed by atoms with Crippen LogP contribution in [-0.4, -0.2) is 51.0 Å². The first-order chi connectivity index (χ1) is 12.7. The number of ether oxygens (including phenoxy) is 2. The number of hydrogen-bond donors (Lipinski definition) is 2. The number of guanidine groups is 1. The van der Waals surface area contributed by atoms with E-state index in [2.05, 4.69) is 27.5 Å². The summed E-state index contributed by atoms with van der Waals surface area (Å²) in [5.74, 6) is 1.34. The number of aromatic nitrogens is 1. The monoisotopic (exact) mass is 360 g/mol. The molecule has 0 aliphatic heterocycles. The van der Waals surface area contributed by atoms with Crippen molar-refractivity contribution in [2.24, 2.45) is 4.99 Å². The van der Waals surface area contributed by atoms with Crippen LogP contribution < -0.4 is 10.6 Å². The summed E-state index contributed by atoms with van der Waals surface area (Å²) in [5.41, 5.74) is 2.95. The van der Waals surface area contributed by atoms with Crippen molar-refractivity contribution in [1.82, 2.24) is 15.6 Å². The molecule has 0 aliphatic rings. The van der Waals surface area contributed by atoms with Gasteiger partial charge in [-0.1, -0.05) is 17.7 Å². The number of nitrogens with one attached hydrogen (secondary N) is 2. The smallest absolute Gasteiger partial charge is 0.226 e. The molecule has 1 heterocycles. The number of benzene rings is 1. The summed E-state index contributed by atoms with van der Waals surface area (Å²) in [4.78, 5) is 9.04. The van der Waals surface area contributed by atoms with Gasteiger partial charge < -0.3 is 24.5 Å². The highest BCUT2D eigenvalue weighted by atomic mass is 16.5. The summed E-state index contributed by atoms with van der Waals surface area (Å²) < 4.78 is 15.9. The summed E-state index contributed by atoms with van der Waals surface area (Å²) in [7, 11) is 1.66. The molecule has 1 aromatic heterocycles. The van der Waals surface area contributed by atoms with Crippen LogP contribution >= 0.6 is 0 Å². The second-order valence-corrected chi connectivity index (χ2v) is 5.74. The molecule has 0 aliphatic carbocycles. The highest BCUT2D eigenvalue weighted by molar-refractivity contribution is 5.79. The van der Waals surface area contributed by atoms with Crippen LogP contribution in [0.2, 0.25) is 0 Å². The molecular formula is C19H28N4O3.